The fourth-order valence-electron chi connectivity index (χ4n) is 3.46. The average molecular weight is 304 g/mol. The van der Waals surface area contributed by atoms with Crippen LogP contribution >= 0.6 is 0 Å². The van der Waals surface area contributed by atoms with E-state index < -0.39 is 0 Å². The van der Waals surface area contributed by atoms with Crippen molar-refractivity contribution in [3.8, 4) is 0 Å². The highest BCUT2D eigenvalue weighted by Crippen LogP contribution is 2.32. The number of aryl methyl sites for hydroxylation is 1. The number of para-hydroxylation sites is 1. The molecule has 0 radical (unpaired) electrons. The molecule has 1 atom stereocenters. The smallest absolute Gasteiger partial charge is 0.255 e. The molecule has 0 bridgehead atoms. The molecule has 1 aliphatic rings. The monoisotopic (exact) mass is 304 g/mol. The lowest BCUT2D eigenvalue weighted by molar-refractivity contribution is 0.102. The first-order chi connectivity index (χ1) is 11.2. The second-order valence-corrected chi connectivity index (χ2v) is 6.51. The summed E-state index contributed by atoms with van der Waals surface area (Å²) in [7, 11) is 0. The van der Waals surface area contributed by atoms with Crippen LogP contribution in [0.1, 0.15) is 35.0 Å². The number of nitrogens with one attached hydrogen (secondary N) is 2. The number of fused-ring (bicyclic) bond motifs is 3. The van der Waals surface area contributed by atoms with Crippen LogP contribution in [0.3, 0.4) is 0 Å². The van der Waals surface area contributed by atoms with E-state index in [4.69, 9.17) is 0 Å². The number of amides is 1. The van der Waals surface area contributed by atoms with Gasteiger partial charge in [0.15, 0.2) is 0 Å². The van der Waals surface area contributed by atoms with E-state index in [1.54, 1.807) is 0 Å². The Morgan fingerprint density at radius 3 is 2.83 bits per heavy atom. The molecule has 1 heterocycles. The lowest BCUT2D eigenvalue weighted by atomic mass is 9.87. The van der Waals surface area contributed by atoms with E-state index in [9.17, 15) is 4.79 Å². The van der Waals surface area contributed by atoms with Crippen molar-refractivity contribution < 1.29 is 4.79 Å². The second-order valence-electron chi connectivity index (χ2n) is 6.51. The van der Waals surface area contributed by atoms with Gasteiger partial charge in [0.1, 0.15) is 0 Å². The zero-order valence-corrected chi connectivity index (χ0v) is 13.2. The van der Waals surface area contributed by atoms with E-state index in [2.05, 4.69) is 17.2 Å². The van der Waals surface area contributed by atoms with Crippen LogP contribution in [-0.2, 0) is 12.8 Å². The summed E-state index contributed by atoms with van der Waals surface area (Å²) in [6.45, 7) is 2.30. The first-order valence-electron chi connectivity index (χ1n) is 8.20. The van der Waals surface area contributed by atoms with Crippen molar-refractivity contribution in [3.05, 3.63) is 65.4 Å². The fourth-order valence-corrected chi connectivity index (χ4v) is 3.46. The van der Waals surface area contributed by atoms with Gasteiger partial charge in [0.2, 0.25) is 0 Å². The molecule has 3 nitrogen and oxygen atoms in total. The number of aromatic amines is 1. The minimum Gasteiger partial charge on any atom is -0.358 e. The van der Waals surface area contributed by atoms with E-state index in [0.29, 0.717) is 11.5 Å². The molecule has 116 valence electrons. The average Bonchev–Trinajstić information content (AvgIpc) is 2.93. The highest BCUT2D eigenvalue weighted by Gasteiger charge is 2.20. The van der Waals surface area contributed by atoms with Crippen molar-refractivity contribution in [2.75, 3.05) is 5.32 Å². The molecule has 1 aliphatic carbocycles. The maximum Gasteiger partial charge on any atom is 0.255 e. The van der Waals surface area contributed by atoms with Gasteiger partial charge in [-0.15, -0.1) is 0 Å². The summed E-state index contributed by atoms with van der Waals surface area (Å²) >= 11 is 0. The summed E-state index contributed by atoms with van der Waals surface area (Å²) in [6, 6.07) is 15.5. The highest BCUT2D eigenvalue weighted by molar-refractivity contribution is 6.06. The van der Waals surface area contributed by atoms with E-state index >= 15 is 0 Å². The molecular weight excluding hydrogens is 284 g/mol. The first kappa shape index (κ1) is 14.1. The van der Waals surface area contributed by atoms with Crippen LogP contribution < -0.4 is 5.32 Å². The van der Waals surface area contributed by atoms with Gasteiger partial charge in [-0.05, 0) is 61.1 Å². The molecule has 0 unspecified atom stereocenters. The third-order valence-electron chi connectivity index (χ3n) is 4.73. The number of rotatable bonds is 2. The zero-order valence-electron chi connectivity index (χ0n) is 13.2. The molecule has 1 amide bonds. The lowest BCUT2D eigenvalue weighted by Crippen LogP contribution is -2.12. The van der Waals surface area contributed by atoms with Crippen LogP contribution in [-0.4, -0.2) is 10.9 Å². The predicted octanol–water partition coefficient (Wildman–Crippen LogP) is 4.55. The maximum atomic E-state index is 12.5. The molecule has 3 aromatic rings. The quantitative estimate of drug-likeness (QED) is 0.717. The number of hydrogen-bond acceptors (Lipinski definition) is 1. The molecular formula is C20H20N2O. The number of H-pyrrole nitrogens is 1. The summed E-state index contributed by atoms with van der Waals surface area (Å²) in [4.78, 5) is 16.0. The minimum absolute atomic E-state index is 0.0584. The van der Waals surface area contributed by atoms with Crippen molar-refractivity contribution in [2.24, 2.45) is 5.92 Å². The normalized spacial score (nSPS) is 17.0. The van der Waals surface area contributed by atoms with Crippen molar-refractivity contribution in [1.29, 1.82) is 0 Å². The number of carbonyl (C=O) groups is 1. The summed E-state index contributed by atoms with van der Waals surface area (Å²) in [6.07, 6.45) is 3.44. The van der Waals surface area contributed by atoms with E-state index in [0.717, 1.165) is 24.0 Å². The number of hydrogen-bond donors (Lipinski definition) is 2. The van der Waals surface area contributed by atoms with Gasteiger partial charge in [-0.1, -0.05) is 25.1 Å². The summed E-state index contributed by atoms with van der Waals surface area (Å²) in [5.41, 5.74) is 5.41. The van der Waals surface area contributed by atoms with Gasteiger partial charge >= 0.3 is 0 Å². The van der Waals surface area contributed by atoms with Gasteiger partial charge in [0.05, 0.1) is 0 Å². The SMILES string of the molecule is C[C@H]1CCc2[nH]c3ccc(C(=O)Nc4ccccc4)cc3c2C1. The Morgan fingerprint density at radius 2 is 2.00 bits per heavy atom. The topological polar surface area (TPSA) is 44.9 Å². The molecule has 4 rings (SSSR count). The Balaban J connectivity index is 1.68. The van der Waals surface area contributed by atoms with Crippen LogP contribution in [0.5, 0.6) is 0 Å². The maximum absolute atomic E-state index is 12.5. The van der Waals surface area contributed by atoms with Gasteiger partial charge in [-0.25, -0.2) is 0 Å². The molecule has 2 N–H and O–H groups in total. The van der Waals surface area contributed by atoms with Crippen LogP contribution in [0.25, 0.3) is 10.9 Å². The van der Waals surface area contributed by atoms with Gasteiger partial charge < -0.3 is 10.3 Å². The predicted molar refractivity (Wildman–Crippen MR) is 93.9 cm³/mol. The van der Waals surface area contributed by atoms with Crippen molar-refractivity contribution in [3.63, 3.8) is 0 Å². The minimum atomic E-state index is -0.0584. The summed E-state index contributed by atoms with van der Waals surface area (Å²) in [5.74, 6) is 0.653. The molecule has 0 saturated heterocycles. The number of carbonyl (C=O) groups excluding carboxylic acids is 1. The Bertz CT molecular complexity index is 864. The standard InChI is InChI=1S/C20H20N2O/c1-13-7-9-18-16(11-13)17-12-14(8-10-19(17)22-18)20(23)21-15-5-3-2-4-6-15/h2-6,8,10,12-13,22H,7,9,11H2,1H3,(H,21,23)/t13-/m0/s1. The van der Waals surface area contributed by atoms with E-state index in [1.165, 1.54) is 23.1 Å². The van der Waals surface area contributed by atoms with Crippen LogP contribution in [0.15, 0.2) is 48.5 Å². The largest absolute Gasteiger partial charge is 0.358 e. The van der Waals surface area contributed by atoms with Crippen molar-refractivity contribution >= 4 is 22.5 Å². The molecule has 1 aromatic heterocycles. The van der Waals surface area contributed by atoms with Gasteiger partial charge in [-0.2, -0.15) is 0 Å². The summed E-state index contributed by atoms with van der Waals surface area (Å²) < 4.78 is 0. The first-order valence-corrected chi connectivity index (χ1v) is 8.20. The Labute approximate surface area is 135 Å². The second kappa shape index (κ2) is 5.58. The number of aromatic nitrogens is 1. The summed E-state index contributed by atoms with van der Waals surface area (Å²) in [5, 5.41) is 4.16. The molecule has 2 aromatic carbocycles. The molecule has 0 aliphatic heterocycles. The molecule has 0 spiro atoms. The van der Waals surface area contributed by atoms with E-state index in [1.807, 2.05) is 48.5 Å². The highest BCUT2D eigenvalue weighted by atomic mass is 16.1. The van der Waals surface area contributed by atoms with Crippen molar-refractivity contribution in [2.45, 2.75) is 26.2 Å². The molecule has 0 fully saturated rings. The molecule has 0 saturated carbocycles. The van der Waals surface area contributed by atoms with Gasteiger partial charge in [0, 0.05) is 27.8 Å². The fraction of sp³-hybridized carbons (Fsp3) is 0.250. The Hall–Kier alpha value is -2.55. The van der Waals surface area contributed by atoms with Crippen LogP contribution in [0.2, 0.25) is 0 Å². The Morgan fingerprint density at radius 1 is 1.17 bits per heavy atom. The van der Waals surface area contributed by atoms with E-state index in [-0.39, 0.29) is 5.91 Å². The van der Waals surface area contributed by atoms with Crippen LogP contribution in [0, 0.1) is 5.92 Å². The zero-order chi connectivity index (χ0) is 15.8. The van der Waals surface area contributed by atoms with Gasteiger partial charge in [-0.3, -0.25) is 4.79 Å². The van der Waals surface area contributed by atoms with Crippen LogP contribution in [0.4, 0.5) is 5.69 Å². The van der Waals surface area contributed by atoms with Gasteiger partial charge in [0.25, 0.3) is 5.91 Å². The third-order valence-corrected chi connectivity index (χ3v) is 4.73. The third kappa shape index (κ3) is 2.63. The Kier molecular flexibility index (Phi) is 3.41. The van der Waals surface area contributed by atoms with Crippen molar-refractivity contribution in [1.82, 2.24) is 4.98 Å². The number of benzene rings is 2. The molecule has 23 heavy (non-hydrogen) atoms. The molecule has 3 heteroatoms. The number of anilines is 1. The lowest BCUT2D eigenvalue weighted by Gasteiger charge is -2.18.